The van der Waals surface area contributed by atoms with Gasteiger partial charge < -0.3 is 0 Å². The molecule has 0 amide bonds. The van der Waals surface area contributed by atoms with Crippen molar-refractivity contribution in [2.75, 3.05) is 0 Å². The Hall–Kier alpha value is -1.82. The van der Waals surface area contributed by atoms with Crippen LogP contribution in [-0.2, 0) is 0 Å². The van der Waals surface area contributed by atoms with Crippen molar-refractivity contribution in [1.82, 2.24) is 0 Å². The zero-order valence-electron chi connectivity index (χ0n) is 14.4. The minimum atomic E-state index is 1.01. The quantitative estimate of drug-likeness (QED) is 0.425. The molecule has 22 heavy (non-hydrogen) atoms. The third-order valence-electron chi connectivity index (χ3n) is 3.60. The lowest BCUT2D eigenvalue weighted by molar-refractivity contribution is 0.921. The molecule has 1 aromatic rings. The molecule has 0 unspecified atom stereocenters. The van der Waals surface area contributed by atoms with Crippen molar-refractivity contribution in [3.05, 3.63) is 77.4 Å². The number of benzene rings is 1. The van der Waals surface area contributed by atoms with Gasteiger partial charge in [-0.25, -0.2) is 0 Å². The van der Waals surface area contributed by atoms with Gasteiger partial charge in [-0.1, -0.05) is 77.9 Å². The molecular weight excluding hydrogens is 264 g/mol. The summed E-state index contributed by atoms with van der Waals surface area (Å²) < 4.78 is 0. The van der Waals surface area contributed by atoms with E-state index in [1.54, 1.807) is 0 Å². The molecule has 0 atom stereocenters. The summed E-state index contributed by atoms with van der Waals surface area (Å²) in [7, 11) is 0. The predicted octanol–water partition coefficient (Wildman–Crippen LogP) is 7.12. The molecule has 0 heteroatoms. The van der Waals surface area contributed by atoms with Gasteiger partial charge in [0.05, 0.1) is 0 Å². The van der Waals surface area contributed by atoms with Gasteiger partial charge >= 0.3 is 0 Å². The van der Waals surface area contributed by atoms with Crippen LogP contribution in [0.2, 0.25) is 0 Å². The van der Waals surface area contributed by atoms with Gasteiger partial charge in [0.1, 0.15) is 0 Å². The first-order valence-electron chi connectivity index (χ1n) is 8.25. The SMILES string of the molecule is C=C(C/C=C(\C)CCC=C(C)C)CCC=Cc1ccccc1. The molecule has 0 aromatic heterocycles. The molecule has 0 nitrogen and oxygen atoms in total. The van der Waals surface area contributed by atoms with Crippen LogP contribution in [0.1, 0.15) is 58.4 Å². The molecule has 0 spiro atoms. The maximum atomic E-state index is 4.19. The van der Waals surface area contributed by atoms with E-state index in [2.05, 4.69) is 75.9 Å². The fourth-order valence-corrected chi connectivity index (χ4v) is 2.18. The molecule has 0 bridgehead atoms. The monoisotopic (exact) mass is 294 g/mol. The van der Waals surface area contributed by atoms with E-state index >= 15 is 0 Å². The van der Waals surface area contributed by atoms with E-state index in [0.717, 1.165) is 32.1 Å². The Kier molecular flexibility index (Phi) is 8.98. The second-order valence-electron chi connectivity index (χ2n) is 6.18. The van der Waals surface area contributed by atoms with Crippen molar-refractivity contribution in [3.8, 4) is 0 Å². The van der Waals surface area contributed by atoms with Crippen molar-refractivity contribution in [2.24, 2.45) is 0 Å². The minimum absolute atomic E-state index is 1.01. The van der Waals surface area contributed by atoms with Gasteiger partial charge in [-0.2, -0.15) is 0 Å². The fraction of sp³-hybridized carbons (Fsp3) is 0.364. The van der Waals surface area contributed by atoms with E-state index < -0.39 is 0 Å². The van der Waals surface area contributed by atoms with E-state index in [1.165, 1.54) is 22.3 Å². The van der Waals surface area contributed by atoms with Gasteiger partial charge in [-0.05, 0) is 58.4 Å². The van der Waals surface area contributed by atoms with Gasteiger partial charge in [0.2, 0.25) is 0 Å². The molecule has 0 N–H and O–H groups in total. The van der Waals surface area contributed by atoms with Crippen LogP contribution in [0.3, 0.4) is 0 Å². The summed E-state index contributed by atoms with van der Waals surface area (Å²) in [4.78, 5) is 0. The third-order valence-corrected chi connectivity index (χ3v) is 3.60. The molecule has 0 radical (unpaired) electrons. The summed E-state index contributed by atoms with van der Waals surface area (Å²) in [6, 6.07) is 10.4. The van der Waals surface area contributed by atoms with Crippen LogP contribution in [0.4, 0.5) is 0 Å². The van der Waals surface area contributed by atoms with Crippen molar-refractivity contribution in [3.63, 3.8) is 0 Å². The molecule has 0 heterocycles. The number of rotatable bonds is 9. The molecule has 0 fully saturated rings. The first-order chi connectivity index (χ1) is 10.6. The van der Waals surface area contributed by atoms with E-state index in [1.807, 2.05) is 6.07 Å². The zero-order valence-corrected chi connectivity index (χ0v) is 14.4. The van der Waals surface area contributed by atoms with Crippen LogP contribution in [0, 0.1) is 0 Å². The Bertz CT molecular complexity index is 522. The van der Waals surface area contributed by atoms with Gasteiger partial charge in [0.25, 0.3) is 0 Å². The van der Waals surface area contributed by atoms with E-state index in [4.69, 9.17) is 0 Å². The van der Waals surface area contributed by atoms with E-state index in [-0.39, 0.29) is 0 Å². The molecule has 1 aromatic carbocycles. The first-order valence-corrected chi connectivity index (χ1v) is 8.25. The topological polar surface area (TPSA) is 0 Å². The Balaban J connectivity index is 2.23. The lowest BCUT2D eigenvalue weighted by Crippen LogP contribution is -1.82. The standard InChI is InChI=1S/C22H30/c1-19(2)11-10-13-21(4)18-17-20(3)12-8-9-16-22-14-6-5-7-15-22/h5-7,9,11,14-16,18H,3,8,10,12-13,17H2,1-2,4H3/b16-9?,21-18+. The summed E-state index contributed by atoms with van der Waals surface area (Å²) in [6.07, 6.45) is 14.5. The highest BCUT2D eigenvalue weighted by molar-refractivity contribution is 5.48. The highest BCUT2D eigenvalue weighted by atomic mass is 14.0. The van der Waals surface area contributed by atoms with Crippen LogP contribution in [-0.4, -0.2) is 0 Å². The largest absolute Gasteiger partial charge is 0.0995 e. The maximum absolute atomic E-state index is 4.19. The van der Waals surface area contributed by atoms with E-state index in [0.29, 0.717) is 0 Å². The molecule has 0 aliphatic rings. The molecule has 0 saturated carbocycles. The summed E-state index contributed by atoms with van der Waals surface area (Å²) in [5.41, 5.74) is 5.46. The third kappa shape index (κ3) is 9.18. The molecule has 0 aliphatic carbocycles. The van der Waals surface area contributed by atoms with Crippen LogP contribution >= 0.6 is 0 Å². The lowest BCUT2D eigenvalue weighted by Gasteiger charge is -2.02. The number of allylic oxidation sites excluding steroid dienone is 6. The average Bonchev–Trinajstić information content (AvgIpc) is 2.50. The number of hydrogen-bond acceptors (Lipinski definition) is 0. The smallest absolute Gasteiger partial charge is 0.0139 e. The van der Waals surface area contributed by atoms with Crippen LogP contribution in [0.15, 0.2) is 71.9 Å². The van der Waals surface area contributed by atoms with Crippen molar-refractivity contribution >= 4 is 6.08 Å². The lowest BCUT2D eigenvalue weighted by atomic mass is 10.0. The van der Waals surface area contributed by atoms with Crippen molar-refractivity contribution in [1.29, 1.82) is 0 Å². The first kappa shape index (κ1) is 18.2. The van der Waals surface area contributed by atoms with Crippen LogP contribution < -0.4 is 0 Å². The fourth-order valence-electron chi connectivity index (χ4n) is 2.18. The second kappa shape index (κ2) is 10.8. The molecule has 1 rings (SSSR count). The average molecular weight is 294 g/mol. The predicted molar refractivity (Wildman–Crippen MR) is 101 cm³/mol. The second-order valence-corrected chi connectivity index (χ2v) is 6.18. The van der Waals surface area contributed by atoms with Gasteiger partial charge in [-0.3, -0.25) is 0 Å². The Morgan fingerprint density at radius 2 is 1.68 bits per heavy atom. The minimum Gasteiger partial charge on any atom is -0.0995 e. The molecule has 0 saturated heterocycles. The molecule has 118 valence electrons. The van der Waals surface area contributed by atoms with Gasteiger partial charge in [0, 0.05) is 0 Å². The van der Waals surface area contributed by atoms with Crippen LogP contribution in [0.25, 0.3) is 6.08 Å². The van der Waals surface area contributed by atoms with Gasteiger partial charge in [-0.15, -0.1) is 0 Å². The maximum Gasteiger partial charge on any atom is -0.0139 e. The Morgan fingerprint density at radius 1 is 0.955 bits per heavy atom. The van der Waals surface area contributed by atoms with E-state index in [9.17, 15) is 0 Å². The normalized spacial score (nSPS) is 11.7. The van der Waals surface area contributed by atoms with Crippen molar-refractivity contribution in [2.45, 2.75) is 52.9 Å². The zero-order chi connectivity index (χ0) is 16.2. The Morgan fingerprint density at radius 3 is 2.36 bits per heavy atom. The summed E-state index contributed by atoms with van der Waals surface area (Å²) in [6.45, 7) is 10.7. The highest BCUT2D eigenvalue weighted by Crippen LogP contribution is 2.14. The molecular formula is C22H30. The van der Waals surface area contributed by atoms with Crippen molar-refractivity contribution < 1.29 is 0 Å². The summed E-state index contributed by atoms with van der Waals surface area (Å²) in [5.74, 6) is 0. The molecule has 0 aliphatic heterocycles. The number of hydrogen-bond donors (Lipinski definition) is 0. The van der Waals surface area contributed by atoms with Crippen LogP contribution in [0.5, 0.6) is 0 Å². The summed E-state index contributed by atoms with van der Waals surface area (Å²) in [5, 5.41) is 0. The summed E-state index contributed by atoms with van der Waals surface area (Å²) >= 11 is 0. The highest BCUT2D eigenvalue weighted by Gasteiger charge is 1.93. The van der Waals surface area contributed by atoms with Gasteiger partial charge in [0.15, 0.2) is 0 Å². The Labute approximate surface area is 137 Å².